The fourth-order valence-corrected chi connectivity index (χ4v) is 5.56. The lowest BCUT2D eigenvalue weighted by molar-refractivity contribution is 0.259. The molecule has 1 aliphatic heterocycles. The van der Waals surface area contributed by atoms with Crippen LogP contribution in [-0.4, -0.2) is 51.8 Å². The number of nitrogens with zero attached hydrogens (tertiary/aromatic N) is 3. The summed E-state index contributed by atoms with van der Waals surface area (Å²) in [7, 11) is 0. The van der Waals surface area contributed by atoms with Crippen LogP contribution in [0.15, 0.2) is 35.5 Å². The molecule has 1 unspecified atom stereocenters. The van der Waals surface area contributed by atoms with Crippen LogP contribution in [0.3, 0.4) is 0 Å². The summed E-state index contributed by atoms with van der Waals surface area (Å²) in [6, 6.07) is 10.7. The zero-order valence-electron chi connectivity index (χ0n) is 18.7. The number of thiazole rings is 1. The number of hydrogen-bond donors (Lipinski definition) is 4. The highest BCUT2D eigenvalue weighted by Crippen LogP contribution is 2.34. The van der Waals surface area contributed by atoms with Gasteiger partial charge in [0.1, 0.15) is 4.70 Å². The van der Waals surface area contributed by atoms with Gasteiger partial charge in [-0.3, -0.25) is 0 Å². The van der Waals surface area contributed by atoms with Crippen molar-refractivity contribution < 1.29 is 5.11 Å². The average Bonchev–Trinajstić information content (AvgIpc) is 3.21. The lowest BCUT2D eigenvalue weighted by Gasteiger charge is -2.23. The highest BCUT2D eigenvalue weighted by molar-refractivity contribution is 7.98. The standard InChI is InChI=1S/C23H32N6OS2/c1-15(2)12-18(13-30)25-20-19-21(29-23(32-19)26-17-8-10-24-11-9-17)28-22(27-20)31-14-16-6-4-3-5-7-16/h3-7,15,17-18,24,30H,8-14H2,1-2H3,(H2,25,26,27,28,29). The number of nitrogens with one attached hydrogen (secondary N) is 3. The number of piperidine rings is 1. The molecule has 2 aromatic heterocycles. The number of aliphatic hydroxyl groups excluding tert-OH is 1. The van der Waals surface area contributed by atoms with E-state index in [0.717, 1.165) is 53.8 Å². The topological polar surface area (TPSA) is 95.0 Å². The first-order valence-electron chi connectivity index (χ1n) is 11.3. The second-order valence-electron chi connectivity index (χ2n) is 8.62. The first kappa shape index (κ1) is 23.2. The molecule has 0 spiro atoms. The molecule has 0 radical (unpaired) electrons. The number of rotatable bonds is 10. The molecular formula is C23H32N6OS2. The quantitative estimate of drug-likeness (QED) is 0.255. The summed E-state index contributed by atoms with van der Waals surface area (Å²) in [4.78, 5) is 14.4. The van der Waals surface area contributed by atoms with E-state index in [2.05, 4.69) is 41.9 Å². The van der Waals surface area contributed by atoms with Crippen LogP contribution in [0, 0.1) is 5.92 Å². The Hall–Kier alpha value is -1.94. The highest BCUT2D eigenvalue weighted by Gasteiger charge is 2.20. The normalized spacial score (nSPS) is 15.9. The first-order chi connectivity index (χ1) is 15.6. The number of hydrogen-bond acceptors (Lipinski definition) is 9. The smallest absolute Gasteiger partial charge is 0.191 e. The summed E-state index contributed by atoms with van der Waals surface area (Å²) >= 11 is 3.20. The van der Waals surface area contributed by atoms with Gasteiger partial charge in [0, 0.05) is 11.8 Å². The van der Waals surface area contributed by atoms with Gasteiger partial charge < -0.3 is 21.1 Å². The van der Waals surface area contributed by atoms with E-state index in [1.165, 1.54) is 5.56 Å². The van der Waals surface area contributed by atoms with Gasteiger partial charge in [0.2, 0.25) is 0 Å². The molecule has 1 saturated heterocycles. The van der Waals surface area contributed by atoms with E-state index >= 15 is 0 Å². The Balaban J connectivity index is 1.59. The summed E-state index contributed by atoms with van der Waals surface area (Å²) < 4.78 is 0.938. The van der Waals surface area contributed by atoms with E-state index in [0.29, 0.717) is 22.8 Å². The molecule has 1 aromatic carbocycles. The van der Waals surface area contributed by atoms with Gasteiger partial charge >= 0.3 is 0 Å². The van der Waals surface area contributed by atoms with Crippen molar-refractivity contribution in [2.75, 3.05) is 30.3 Å². The minimum atomic E-state index is -0.0528. The minimum absolute atomic E-state index is 0.0528. The van der Waals surface area contributed by atoms with E-state index in [1.807, 2.05) is 18.2 Å². The zero-order chi connectivity index (χ0) is 22.3. The third-order valence-electron chi connectivity index (χ3n) is 5.43. The molecule has 0 saturated carbocycles. The lowest BCUT2D eigenvalue weighted by Crippen LogP contribution is -2.35. The predicted octanol–water partition coefficient (Wildman–Crippen LogP) is 4.36. The molecule has 1 fully saturated rings. The van der Waals surface area contributed by atoms with Crippen molar-refractivity contribution in [3.63, 3.8) is 0 Å². The van der Waals surface area contributed by atoms with Crippen molar-refractivity contribution in [2.45, 2.75) is 56.1 Å². The molecule has 0 amide bonds. The molecule has 32 heavy (non-hydrogen) atoms. The van der Waals surface area contributed by atoms with Gasteiger partial charge in [-0.1, -0.05) is 67.3 Å². The molecule has 9 heteroatoms. The molecule has 0 aliphatic carbocycles. The van der Waals surface area contributed by atoms with Crippen LogP contribution in [0.4, 0.5) is 10.9 Å². The maximum Gasteiger partial charge on any atom is 0.191 e. The van der Waals surface area contributed by atoms with Gasteiger partial charge in [-0.05, 0) is 43.8 Å². The fraction of sp³-hybridized carbons (Fsp3) is 0.522. The van der Waals surface area contributed by atoms with Crippen LogP contribution in [0.1, 0.15) is 38.7 Å². The van der Waals surface area contributed by atoms with E-state index < -0.39 is 0 Å². The third-order valence-corrected chi connectivity index (χ3v) is 7.33. The second kappa shape index (κ2) is 11.3. The summed E-state index contributed by atoms with van der Waals surface area (Å²) in [6.07, 6.45) is 3.05. The Morgan fingerprint density at radius 3 is 2.66 bits per heavy atom. The van der Waals surface area contributed by atoms with Crippen molar-refractivity contribution in [1.29, 1.82) is 0 Å². The summed E-state index contributed by atoms with van der Waals surface area (Å²) in [5.74, 6) is 2.04. The van der Waals surface area contributed by atoms with Crippen molar-refractivity contribution in [3.05, 3.63) is 35.9 Å². The summed E-state index contributed by atoms with van der Waals surface area (Å²) in [6.45, 7) is 6.45. The Labute approximate surface area is 197 Å². The van der Waals surface area contributed by atoms with Gasteiger partial charge in [-0.15, -0.1) is 0 Å². The van der Waals surface area contributed by atoms with Crippen LogP contribution in [0.25, 0.3) is 10.3 Å². The molecular weight excluding hydrogens is 440 g/mol. The maximum absolute atomic E-state index is 9.91. The number of benzene rings is 1. The second-order valence-corrected chi connectivity index (χ2v) is 10.6. The molecule has 1 atom stereocenters. The number of anilines is 2. The Morgan fingerprint density at radius 1 is 1.16 bits per heavy atom. The van der Waals surface area contributed by atoms with Gasteiger partial charge in [-0.2, -0.15) is 4.98 Å². The predicted molar refractivity (Wildman–Crippen MR) is 135 cm³/mol. The SMILES string of the molecule is CC(C)CC(CO)Nc1nc(SCc2ccccc2)nc2nc(NC3CCNCC3)sc12. The van der Waals surface area contributed by atoms with Crippen LogP contribution in [-0.2, 0) is 5.75 Å². The largest absolute Gasteiger partial charge is 0.394 e. The number of fused-ring (bicyclic) bond motifs is 1. The van der Waals surface area contributed by atoms with Crippen LogP contribution in [0.5, 0.6) is 0 Å². The minimum Gasteiger partial charge on any atom is -0.394 e. The Kier molecular flexibility index (Phi) is 8.18. The van der Waals surface area contributed by atoms with E-state index in [9.17, 15) is 5.11 Å². The monoisotopic (exact) mass is 472 g/mol. The highest BCUT2D eigenvalue weighted by atomic mass is 32.2. The fourth-order valence-electron chi connectivity index (χ4n) is 3.83. The first-order valence-corrected chi connectivity index (χ1v) is 13.1. The van der Waals surface area contributed by atoms with Crippen LogP contribution < -0.4 is 16.0 Å². The van der Waals surface area contributed by atoms with Gasteiger partial charge in [0.25, 0.3) is 0 Å². The van der Waals surface area contributed by atoms with E-state index in [4.69, 9.17) is 15.0 Å². The molecule has 4 rings (SSSR count). The number of aliphatic hydroxyl groups is 1. The molecule has 7 nitrogen and oxygen atoms in total. The van der Waals surface area contributed by atoms with Crippen molar-refractivity contribution >= 4 is 44.4 Å². The molecule has 1 aliphatic rings. The van der Waals surface area contributed by atoms with Gasteiger partial charge in [-0.25, -0.2) is 9.97 Å². The van der Waals surface area contributed by atoms with Crippen LogP contribution >= 0.6 is 23.1 Å². The van der Waals surface area contributed by atoms with Crippen molar-refractivity contribution in [1.82, 2.24) is 20.3 Å². The third kappa shape index (κ3) is 6.31. The van der Waals surface area contributed by atoms with Crippen LogP contribution in [0.2, 0.25) is 0 Å². The number of aromatic nitrogens is 3. The average molecular weight is 473 g/mol. The zero-order valence-corrected chi connectivity index (χ0v) is 20.3. The van der Waals surface area contributed by atoms with E-state index in [-0.39, 0.29) is 12.6 Å². The van der Waals surface area contributed by atoms with Crippen molar-refractivity contribution in [3.8, 4) is 0 Å². The lowest BCUT2D eigenvalue weighted by atomic mass is 10.0. The Bertz CT molecular complexity index is 991. The van der Waals surface area contributed by atoms with Crippen molar-refractivity contribution in [2.24, 2.45) is 5.92 Å². The Morgan fingerprint density at radius 2 is 1.94 bits per heavy atom. The van der Waals surface area contributed by atoms with Gasteiger partial charge in [0.15, 0.2) is 21.8 Å². The molecule has 3 aromatic rings. The molecule has 0 bridgehead atoms. The summed E-state index contributed by atoms with van der Waals surface area (Å²) in [5, 5.41) is 22.0. The maximum atomic E-state index is 9.91. The molecule has 4 N–H and O–H groups in total. The van der Waals surface area contributed by atoms with Gasteiger partial charge in [0.05, 0.1) is 12.6 Å². The number of thioether (sulfide) groups is 1. The molecule has 3 heterocycles. The summed E-state index contributed by atoms with van der Waals surface area (Å²) in [5.41, 5.74) is 1.94. The van der Waals surface area contributed by atoms with E-state index in [1.54, 1.807) is 23.1 Å². The molecule has 172 valence electrons.